The van der Waals surface area contributed by atoms with E-state index in [2.05, 4.69) is 14.9 Å². The van der Waals surface area contributed by atoms with Crippen LogP contribution in [0.25, 0.3) is 11.5 Å². The van der Waals surface area contributed by atoms with Crippen LogP contribution in [0.4, 0.5) is 5.69 Å². The summed E-state index contributed by atoms with van der Waals surface area (Å²) in [4.78, 5) is 10.4. The van der Waals surface area contributed by atoms with Crippen molar-refractivity contribution in [1.29, 1.82) is 0 Å². The Morgan fingerprint density at radius 1 is 1.33 bits per heavy atom. The third-order valence-corrected chi connectivity index (χ3v) is 3.57. The van der Waals surface area contributed by atoms with Crippen molar-refractivity contribution in [2.75, 3.05) is 16.7 Å². The Morgan fingerprint density at radius 2 is 2.00 bits per heavy atom. The topological polar surface area (TPSA) is 122 Å². The van der Waals surface area contributed by atoms with Gasteiger partial charge in [0.2, 0.25) is 15.9 Å². The molecule has 0 unspecified atom stereocenters. The molecule has 1 aromatic heterocycles. The number of carbonyl (C=O) groups is 1. The Morgan fingerprint density at radius 3 is 2.57 bits per heavy atom. The fourth-order valence-electron chi connectivity index (χ4n) is 1.40. The van der Waals surface area contributed by atoms with E-state index >= 15 is 0 Å². The predicted octanol–water partition coefficient (Wildman–Crippen LogP) is 1.28. The van der Waals surface area contributed by atoms with Gasteiger partial charge >= 0.3 is 5.97 Å². The van der Waals surface area contributed by atoms with Gasteiger partial charge in [-0.3, -0.25) is 9.52 Å². The number of hydrogen-bond donors (Lipinski definition) is 2. The molecule has 0 fully saturated rings. The number of carboxylic acids is 1. The zero-order chi connectivity index (χ0) is 15.5. The normalized spacial score (nSPS) is 11.3. The van der Waals surface area contributed by atoms with Crippen LogP contribution in [-0.2, 0) is 14.8 Å². The highest BCUT2D eigenvalue weighted by Crippen LogP contribution is 2.24. The van der Waals surface area contributed by atoms with E-state index in [1.807, 2.05) is 0 Å². The lowest BCUT2D eigenvalue weighted by molar-refractivity contribution is -0.133. The molecule has 0 saturated heterocycles. The summed E-state index contributed by atoms with van der Waals surface area (Å²) in [5, 5.41) is 16.2. The summed E-state index contributed by atoms with van der Waals surface area (Å²) in [6.45, 7) is 0. The summed E-state index contributed by atoms with van der Waals surface area (Å²) in [5.41, 5.74) is 1.02. The lowest BCUT2D eigenvalue weighted by atomic mass is 10.2. The molecule has 0 saturated carbocycles. The standard InChI is InChI=1S/C11H11N3O5S2/c1-21(17,18)14-8-4-2-7(3-5-8)10-12-13-11(19-10)20-6-9(15)16/h2-5,14H,6H2,1H3,(H,15,16). The molecule has 0 spiro atoms. The minimum atomic E-state index is -3.33. The average molecular weight is 329 g/mol. The Balaban J connectivity index is 2.10. The first kappa shape index (κ1) is 15.3. The van der Waals surface area contributed by atoms with E-state index in [0.29, 0.717) is 11.3 Å². The second kappa shape index (κ2) is 6.14. The van der Waals surface area contributed by atoms with Gasteiger partial charge in [-0.25, -0.2) is 8.42 Å². The van der Waals surface area contributed by atoms with Crippen molar-refractivity contribution < 1.29 is 22.7 Å². The second-order valence-electron chi connectivity index (χ2n) is 4.01. The van der Waals surface area contributed by atoms with Crippen LogP contribution >= 0.6 is 11.8 Å². The van der Waals surface area contributed by atoms with Gasteiger partial charge in [0, 0.05) is 11.3 Å². The Kier molecular flexibility index (Phi) is 4.48. The number of anilines is 1. The average Bonchev–Trinajstić information content (AvgIpc) is 2.84. The van der Waals surface area contributed by atoms with Gasteiger partial charge in [0.05, 0.1) is 6.26 Å². The van der Waals surface area contributed by atoms with Crippen LogP contribution in [0.1, 0.15) is 0 Å². The first-order valence-electron chi connectivity index (χ1n) is 5.60. The maximum absolute atomic E-state index is 11.1. The summed E-state index contributed by atoms with van der Waals surface area (Å²) in [6.07, 6.45) is 1.06. The number of aromatic nitrogens is 2. The minimum absolute atomic E-state index is 0.158. The van der Waals surface area contributed by atoms with Gasteiger partial charge in [-0.15, -0.1) is 10.2 Å². The van der Waals surface area contributed by atoms with Crippen LogP contribution in [0.3, 0.4) is 0 Å². The molecule has 2 rings (SSSR count). The van der Waals surface area contributed by atoms with Crippen LogP contribution in [0.5, 0.6) is 0 Å². The molecule has 2 aromatic rings. The molecule has 0 aliphatic carbocycles. The summed E-state index contributed by atoms with van der Waals surface area (Å²) in [5.74, 6) is -0.913. The largest absolute Gasteiger partial charge is 0.481 e. The molecule has 0 atom stereocenters. The molecular weight excluding hydrogens is 318 g/mol. The zero-order valence-corrected chi connectivity index (χ0v) is 12.4. The highest BCUT2D eigenvalue weighted by molar-refractivity contribution is 7.99. The third kappa shape index (κ3) is 4.76. The van der Waals surface area contributed by atoms with Crippen molar-refractivity contribution in [2.45, 2.75) is 5.22 Å². The summed E-state index contributed by atoms with van der Waals surface area (Å²) in [6, 6.07) is 6.36. The van der Waals surface area contributed by atoms with Gasteiger partial charge in [-0.05, 0) is 24.3 Å². The molecule has 1 aromatic carbocycles. The van der Waals surface area contributed by atoms with E-state index < -0.39 is 16.0 Å². The zero-order valence-electron chi connectivity index (χ0n) is 10.8. The van der Waals surface area contributed by atoms with Crippen LogP contribution in [0, 0.1) is 0 Å². The van der Waals surface area contributed by atoms with Crippen molar-refractivity contribution >= 4 is 33.4 Å². The van der Waals surface area contributed by atoms with Crippen LogP contribution in [0.2, 0.25) is 0 Å². The van der Waals surface area contributed by atoms with Crippen LogP contribution < -0.4 is 4.72 Å². The third-order valence-electron chi connectivity index (χ3n) is 2.16. The Labute approximate surface area is 124 Å². The number of thioether (sulfide) groups is 1. The van der Waals surface area contributed by atoms with E-state index in [4.69, 9.17) is 9.52 Å². The molecule has 0 bridgehead atoms. The number of aliphatic carboxylic acids is 1. The van der Waals surface area contributed by atoms with Gasteiger partial charge < -0.3 is 9.52 Å². The smallest absolute Gasteiger partial charge is 0.314 e. The molecular formula is C11H11N3O5S2. The molecule has 0 amide bonds. The quantitative estimate of drug-likeness (QED) is 0.760. The van der Waals surface area contributed by atoms with E-state index in [-0.39, 0.29) is 16.9 Å². The summed E-state index contributed by atoms with van der Waals surface area (Å²) < 4.78 is 29.8. The number of rotatable bonds is 6. The lowest BCUT2D eigenvalue weighted by Crippen LogP contribution is -2.09. The van der Waals surface area contributed by atoms with Crippen molar-refractivity contribution in [2.24, 2.45) is 0 Å². The van der Waals surface area contributed by atoms with E-state index in [0.717, 1.165) is 18.0 Å². The number of sulfonamides is 1. The van der Waals surface area contributed by atoms with Crippen molar-refractivity contribution in [1.82, 2.24) is 10.2 Å². The van der Waals surface area contributed by atoms with E-state index in [1.165, 1.54) is 0 Å². The molecule has 21 heavy (non-hydrogen) atoms. The molecule has 0 aliphatic rings. The SMILES string of the molecule is CS(=O)(=O)Nc1ccc(-c2nnc(SCC(=O)O)o2)cc1. The number of nitrogens with one attached hydrogen (secondary N) is 1. The second-order valence-corrected chi connectivity index (χ2v) is 6.68. The van der Waals surface area contributed by atoms with Gasteiger partial charge in [-0.2, -0.15) is 0 Å². The number of hydrogen-bond acceptors (Lipinski definition) is 7. The molecule has 8 nitrogen and oxygen atoms in total. The van der Waals surface area contributed by atoms with Crippen molar-refractivity contribution in [3.05, 3.63) is 24.3 Å². The van der Waals surface area contributed by atoms with Gasteiger partial charge in [0.25, 0.3) is 5.22 Å². The molecule has 0 aliphatic heterocycles. The lowest BCUT2D eigenvalue weighted by Gasteiger charge is -2.03. The molecule has 112 valence electrons. The Hall–Kier alpha value is -2.07. The van der Waals surface area contributed by atoms with Crippen molar-refractivity contribution in [3.63, 3.8) is 0 Å². The first-order chi connectivity index (χ1) is 9.83. The minimum Gasteiger partial charge on any atom is -0.481 e. The highest BCUT2D eigenvalue weighted by atomic mass is 32.2. The fraction of sp³-hybridized carbons (Fsp3) is 0.182. The van der Waals surface area contributed by atoms with Crippen LogP contribution in [0.15, 0.2) is 33.9 Å². The van der Waals surface area contributed by atoms with Crippen LogP contribution in [-0.4, -0.2) is 41.7 Å². The maximum atomic E-state index is 11.1. The molecule has 2 N–H and O–H groups in total. The summed E-state index contributed by atoms with van der Waals surface area (Å²) >= 11 is 0.924. The van der Waals surface area contributed by atoms with Gasteiger partial charge in [-0.1, -0.05) is 11.8 Å². The van der Waals surface area contributed by atoms with Crippen molar-refractivity contribution in [3.8, 4) is 11.5 Å². The van der Waals surface area contributed by atoms with E-state index in [1.54, 1.807) is 24.3 Å². The van der Waals surface area contributed by atoms with Gasteiger partial charge in [0.1, 0.15) is 5.75 Å². The maximum Gasteiger partial charge on any atom is 0.314 e. The molecule has 10 heteroatoms. The number of carboxylic acid groups (broad SMARTS) is 1. The monoisotopic (exact) mass is 329 g/mol. The molecule has 1 heterocycles. The number of nitrogens with zero attached hydrogens (tertiary/aromatic N) is 2. The predicted molar refractivity (Wildman–Crippen MR) is 76.6 cm³/mol. The van der Waals surface area contributed by atoms with Gasteiger partial charge in [0.15, 0.2) is 0 Å². The number of benzene rings is 1. The fourth-order valence-corrected chi connectivity index (χ4v) is 2.45. The van der Waals surface area contributed by atoms with E-state index in [9.17, 15) is 13.2 Å². The summed E-state index contributed by atoms with van der Waals surface area (Å²) in [7, 11) is -3.33. The molecule has 0 radical (unpaired) electrons. The highest BCUT2D eigenvalue weighted by Gasteiger charge is 2.11. The Bertz CT molecular complexity index is 739. The first-order valence-corrected chi connectivity index (χ1v) is 8.47.